The lowest BCUT2D eigenvalue weighted by Crippen LogP contribution is -2.41. The standard InChI is InChI=1S/C21H26N2O5S/c1-28-19-4-2-15(3-5-19)16-6-9-22(10-7-16)21(25)17-12-20(24)23(13-17)18-8-11-29(26,27)14-18/h2-6,17-18H,7-14H2,1H3/t17-,18-/m1/s1. The second-order valence-electron chi connectivity index (χ2n) is 8.00. The Balaban J connectivity index is 1.37. The maximum absolute atomic E-state index is 12.9. The summed E-state index contributed by atoms with van der Waals surface area (Å²) in [6, 6.07) is 7.62. The molecule has 2 saturated heterocycles. The lowest BCUT2D eigenvalue weighted by Gasteiger charge is -2.29. The van der Waals surface area contributed by atoms with E-state index in [0.29, 0.717) is 26.1 Å². The molecule has 0 unspecified atom stereocenters. The van der Waals surface area contributed by atoms with Crippen molar-refractivity contribution in [1.82, 2.24) is 9.80 Å². The Hall–Kier alpha value is -2.35. The molecule has 0 bridgehead atoms. The second kappa shape index (κ2) is 7.82. The lowest BCUT2D eigenvalue weighted by atomic mass is 9.98. The van der Waals surface area contributed by atoms with Crippen LogP contribution in [0.5, 0.6) is 5.75 Å². The van der Waals surface area contributed by atoms with Crippen molar-refractivity contribution >= 4 is 27.2 Å². The van der Waals surface area contributed by atoms with Gasteiger partial charge < -0.3 is 14.5 Å². The maximum Gasteiger partial charge on any atom is 0.228 e. The molecule has 1 aromatic carbocycles. The number of sulfone groups is 1. The molecule has 0 aromatic heterocycles. The molecule has 1 aromatic rings. The summed E-state index contributed by atoms with van der Waals surface area (Å²) < 4.78 is 28.6. The largest absolute Gasteiger partial charge is 0.497 e. The number of benzene rings is 1. The van der Waals surface area contributed by atoms with E-state index in [2.05, 4.69) is 6.08 Å². The fraction of sp³-hybridized carbons (Fsp3) is 0.524. The van der Waals surface area contributed by atoms with Gasteiger partial charge in [0.2, 0.25) is 11.8 Å². The van der Waals surface area contributed by atoms with Gasteiger partial charge in [-0.15, -0.1) is 0 Å². The van der Waals surface area contributed by atoms with Crippen LogP contribution in [0, 0.1) is 5.92 Å². The van der Waals surface area contributed by atoms with Crippen molar-refractivity contribution in [3.8, 4) is 5.75 Å². The highest BCUT2D eigenvalue weighted by atomic mass is 32.2. The normalized spacial score (nSPS) is 26.5. The smallest absolute Gasteiger partial charge is 0.228 e. The number of hydrogen-bond acceptors (Lipinski definition) is 5. The molecule has 0 spiro atoms. The van der Waals surface area contributed by atoms with E-state index in [1.807, 2.05) is 24.3 Å². The van der Waals surface area contributed by atoms with E-state index >= 15 is 0 Å². The number of hydrogen-bond donors (Lipinski definition) is 0. The van der Waals surface area contributed by atoms with Crippen molar-refractivity contribution in [1.29, 1.82) is 0 Å². The van der Waals surface area contributed by atoms with Crippen LogP contribution in [0.15, 0.2) is 30.3 Å². The first-order valence-corrected chi connectivity index (χ1v) is 11.8. The average Bonchev–Trinajstić information content (AvgIpc) is 3.29. The summed E-state index contributed by atoms with van der Waals surface area (Å²) in [4.78, 5) is 28.8. The van der Waals surface area contributed by atoms with Gasteiger partial charge in [0.15, 0.2) is 9.84 Å². The zero-order chi connectivity index (χ0) is 20.6. The van der Waals surface area contributed by atoms with E-state index in [0.717, 1.165) is 17.7 Å². The zero-order valence-corrected chi connectivity index (χ0v) is 17.4. The minimum atomic E-state index is -3.06. The van der Waals surface area contributed by atoms with Crippen LogP contribution in [0.1, 0.15) is 24.8 Å². The minimum Gasteiger partial charge on any atom is -0.497 e. The average molecular weight is 419 g/mol. The van der Waals surface area contributed by atoms with Crippen LogP contribution < -0.4 is 4.74 Å². The first-order chi connectivity index (χ1) is 13.9. The summed E-state index contributed by atoms with van der Waals surface area (Å²) in [7, 11) is -1.42. The highest BCUT2D eigenvalue weighted by Crippen LogP contribution is 2.29. The van der Waals surface area contributed by atoms with Gasteiger partial charge in [-0.2, -0.15) is 0 Å². The summed E-state index contributed by atoms with van der Waals surface area (Å²) in [6.45, 7) is 1.49. The molecule has 3 aliphatic rings. The molecular formula is C21H26N2O5S. The number of nitrogens with zero attached hydrogens (tertiary/aromatic N) is 2. The van der Waals surface area contributed by atoms with Gasteiger partial charge in [0.05, 0.1) is 24.5 Å². The van der Waals surface area contributed by atoms with E-state index in [9.17, 15) is 18.0 Å². The molecule has 2 atom stereocenters. The number of amides is 2. The monoisotopic (exact) mass is 418 g/mol. The fourth-order valence-corrected chi connectivity index (χ4v) is 6.20. The van der Waals surface area contributed by atoms with E-state index in [1.165, 1.54) is 5.57 Å². The molecule has 0 saturated carbocycles. The zero-order valence-electron chi connectivity index (χ0n) is 16.5. The molecule has 4 rings (SSSR count). The molecule has 8 heteroatoms. The SMILES string of the molecule is COc1ccc(C2=CCN(C(=O)[C@@H]3CC(=O)N([C@@H]4CCS(=O)(=O)C4)C3)CC2)cc1. The van der Waals surface area contributed by atoms with Crippen LogP contribution in [-0.4, -0.2) is 74.3 Å². The first kappa shape index (κ1) is 19.9. The van der Waals surface area contributed by atoms with Crippen LogP contribution in [0.3, 0.4) is 0 Å². The van der Waals surface area contributed by atoms with Crippen molar-refractivity contribution in [3.05, 3.63) is 35.9 Å². The van der Waals surface area contributed by atoms with Crippen molar-refractivity contribution in [2.75, 3.05) is 38.2 Å². The molecule has 2 fully saturated rings. The third-order valence-corrected chi connectivity index (χ3v) is 7.89. The van der Waals surface area contributed by atoms with Crippen LogP contribution in [0.2, 0.25) is 0 Å². The topological polar surface area (TPSA) is 84.0 Å². The lowest BCUT2D eigenvalue weighted by molar-refractivity contribution is -0.135. The van der Waals surface area contributed by atoms with Crippen LogP contribution in [0.4, 0.5) is 0 Å². The number of likely N-dealkylation sites (tertiary alicyclic amines) is 1. The predicted molar refractivity (Wildman–Crippen MR) is 109 cm³/mol. The fourth-order valence-electron chi connectivity index (χ4n) is 4.47. The van der Waals surface area contributed by atoms with E-state index in [-0.39, 0.29) is 41.7 Å². The van der Waals surface area contributed by atoms with Gasteiger partial charge in [-0.25, -0.2) is 8.42 Å². The van der Waals surface area contributed by atoms with E-state index in [4.69, 9.17) is 4.74 Å². The van der Waals surface area contributed by atoms with Gasteiger partial charge >= 0.3 is 0 Å². The maximum atomic E-state index is 12.9. The van der Waals surface area contributed by atoms with Gasteiger partial charge in [-0.3, -0.25) is 9.59 Å². The molecule has 7 nitrogen and oxygen atoms in total. The van der Waals surface area contributed by atoms with Gasteiger partial charge in [-0.1, -0.05) is 18.2 Å². The Labute approximate surface area is 171 Å². The van der Waals surface area contributed by atoms with Crippen LogP contribution in [0.25, 0.3) is 5.57 Å². The van der Waals surface area contributed by atoms with Gasteiger partial charge in [0, 0.05) is 32.1 Å². The molecule has 29 heavy (non-hydrogen) atoms. The van der Waals surface area contributed by atoms with E-state index < -0.39 is 9.84 Å². The Morgan fingerprint density at radius 2 is 1.97 bits per heavy atom. The number of rotatable bonds is 4. The van der Waals surface area contributed by atoms with Crippen LogP contribution in [-0.2, 0) is 19.4 Å². The van der Waals surface area contributed by atoms with Gasteiger partial charge in [-0.05, 0) is 36.1 Å². The van der Waals surface area contributed by atoms with Crippen molar-refractivity contribution in [3.63, 3.8) is 0 Å². The predicted octanol–water partition coefficient (Wildman–Crippen LogP) is 1.35. The van der Waals surface area contributed by atoms with Crippen molar-refractivity contribution < 1.29 is 22.7 Å². The molecule has 0 N–H and O–H groups in total. The Morgan fingerprint density at radius 3 is 2.55 bits per heavy atom. The quantitative estimate of drug-likeness (QED) is 0.737. The molecule has 0 aliphatic carbocycles. The summed E-state index contributed by atoms with van der Waals surface area (Å²) in [5.41, 5.74) is 2.33. The van der Waals surface area contributed by atoms with Gasteiger partial charge in [0.25, 0.3) is 0 Å². The minimum absolute atomic E-state index is 0.00765. The Bertz CT molecular complexity index is 938. The Morgan fingerprint density at radius 1 is 1.21 bits per heavy atom. The summed E-state index contributed by atoms with van der Waals surface area (Å²) in [5.74, 6) is 0.487. The van der Waals surface area contributed by atoms with Crippen molar-refractivity contribution in [2.45, 2.75) is 25.3 Å². The summed E-state index contributed by atoms with van der Waals surface area (Å²) in [5, 5.41) is 0. The number of ether oxygens (including phenoxy) is 1. The van der Waals surface area contributed by atoms with Gasteiger partial charge in [0.1, 0.15) is 5.75 Å². The molecular weight excluding hydrogens is 392 g/mol. The second-order valence-corrected chi connectivity index (χ2v) is 10.2. The van der Waals surface area contributed by atoms with Crippen LogP contribution >= 0.6 is 0 Å². The molecule has 3 aliphatic heterocycles. The molecule has 3 heterocycles. The molecule has 156 valence electrons. The van der Waals surface area contributed by atoms with E-state index in [1.54, 1.807) is 16.9 Å². The third-order valence-electron chi connectivity index (χ3n) is 6.14. The number of methoxy groups -OCH3 is 1. The summed E-state index contributed by atoms with van der Waals surface area (Å²) in [6.07, 6.45) is 3.50. The van der Waals surface area contributed by atoms with Crippen molar-refractivity contribution in [2.24, 2.45) is 5.92 Å². The highest BCUT2D eigenvalue weighted by Gasteiger charge is 2.42. The molecule has 2 amide bonds. The number of carbonyl (C=O) groups is 2. The third kappa shape index (κ3) is 4.17. The highest BCUT2D eigenvalue weighted by molar-refractivity contribution is 7.91. The number of carbonyl (C=O) groups excluding carboxylic acids is 2. The summed E-state index contributed by atoms with van der Waals surface area (Å²) >= 11 is 0. The Kier molecular flexibility index (Phi) is 5.38. The first-order valence-electron chi connectivity index (χ1n) is 9.98. The molecule has 0 radical (unpaired) electrons.